The number of primary amides is 1. The molecule has 0 radical (unpaired) electrons. The van der Waals surface area contributed by atoms with Crippen LogP contribution in [0.5, 0.6) is 0 Å². The summed E-state index contributed by atoms with van der Waals surface area (Å²) in [5.74, 6) is -0.374. The Morgan fingerprint density at radius 2 is 2.00 bits per heavy atom. The highest BCUT2D eigenvalue weighted by Crippen LogP contribution is 2.01. The van der Waals surface area contributed by atoms with Gasteiger partial charge in [-0.25, -0.2) is 0 Å². The topological polar surface area (TPSA) is 63.4 Å². The van der Waals surface area contributed by atoms with Crippen molar-refractivity contribution in [3.63, 3.8) is 0 Å². The van der Waals surface area contributed by atoms with Gasteiger partial charge in [0, 0.05) is 18.3 Å². The Bertz CT molecular complexity index is 195. The second kappa shape index (κ2) is 5.80. The molecule has 0 rings (SSSR count). The molecule has 2 amide bonds. The van der Waals surface area contributed by atoms with Gasteiger partial charge >= 0.3 is 0 Å². The van der Waals surface area contributed by atoms with Crippen molar-refractivity contribution in [3.8, 4) is 0 Å². The summed E-state index contributed by atoms with van der Waals surface area (Å²) in [6.07, 6.45) is 0.243. The molecule has 0 aromatic carbocycles. The van der Waals surface area contributed by atoms with Crippen molar-refractivity contribution < 1.29 is 9.59 Å². The van der Waals surface area contributed by atoms with Crippen molar-refractivity contribution in [2.45, 2.75) is 26.3 Å². The van der Waals surface area contributed by atoms with Crippen LogP contribution in [0.4, 0.5) is 0 Å². The van der Waals surface area contributed by atoms with Crippen LogP contribution in [0.2, 0.25) is 0 Å². The van der Waals surface area contributed by atoms with E-state index in [4.69, 9.17) is 17.3 Å². The van der Waals surface area contributed by atoms with E-state index in [0.717, 1.165) is 0 Å². The van der Waals surface area contributed by atoms with Gasteiger partial charge in [-0.15, -0.1) is 11.6 Å². The third-order valence-corrected chi connectivity index (χ3v) is 1.77. The van der Waals surface area contributed by atoms with E-state index in [9.17, 15) is 9.59 Å². The zero-order chi connectivity index (χ0) is 10.4. The summed E-state index contributed by atoms with van der Waals surface area (Å²) in [4.78, 5) is 23.4. The van der Waals surface area contributed by atoms with E-state index in [0.29, 0.717) is 0 Å². The molecule has 0 bridgehead atoms. The van der Waals surface area contributed by atoms with Gasteiger partial charge in [0.05, 0.1) is 6.54 Å². The molecule has 0 heterocycles. The maximum absolute atomic E-state index is 11.4. The van der Waals surface area contributed by atoms with Crippen molar-refractivity contribution in [1.29, 1.82) is 0 Å². The van der Waals surface area contributed by atoms with Gasteiger partial charge in [0.1, 0.15) is 0 Å². The number of nitrogens with two attached hydrogens (primary N) is 1. The predicted octanol–water partition coefficient (Wildman–Crippen LogP) is 0.338. The molecular weight excluding hydrogens is 192 g/mol. The van der Waals surface area contributed by atoms with E-state index in [1.54, 1.807) is 0 Å². The average Bonchev–Trinajstić information content (AvgIpc) is 1.99. The molecule has 2 N–H and O–H groups in total. The molecule has 5 heteroatoms. The zero-order valence-corrected chi connectivity index (χ0v) is 8.67. The molecule has 0 saturated heterocycles. The lowest BCUT2D eigenvalue weighted by Gasteiger charge is -2.24. The van der Waals surface area contributed by atoms with Crippen LogP contribution in [0.3, 0.4) is 0 Å². The van der Waals surface area contributed by atoms with Gasteiger partial charge in [-0.1, -0.05) is 0 Å². The maximum atomic E-state index is 11.4. The summed E-state index contributed by atoms with van der Waals surface area (Å²) < 4.78 is 0. The number of carbonyl (C=O) groups excluding carboxylic acids is 2. The van der Waals surface area contributed by atoms with E-state index in [1.807, 2.05) is 13.8 Å². The van der Waals surface area contributed by atoms with Crippen LogP contribution in [0.25, 0.3) is 0 Å². The molecule has 76 valence electrons. The monoisotopic (exact) mass is 206 g/mol. The number of rotatable bonds is 5. The Labute approximate surface area is 83.0 Å². The van der Waals surface area contributed by atoms with Gasteiger partial charge in [0.15, 0.2) is 0 Å². The van der Waals surface area contributed by atoms with E-state index in [-0.39, 0.29) is 30.8 Å². The van der Waals surface area contributed by atoms with Gasteiger partial charge < -0.3 is 10.6 Å². The van der Waals surface area contributed by atoms with Crippen molar-refractivity contribution in [2.24, 2.45) is 5.73 Å². The molecule has 4 nitrogen and oxygen atoms in total. The standard InChI is InChI=1S/C8H15ClN2O2/c1-6(2)11(5-7(10)12)8(13)3-4-9/h6H,3-5H2,1-2H3,(H2,10,12). The SMILES string of the molecule is CC(C)N(CC(N)=O)C(=O)CCCl. The lowest BCUT2D eigenvalue weighted by molar-refractivity contribution is -0.136. The van der Waals surface area contributed by atoms with Crippen LogP contribution < -0.4 is 5.73 Å². The molecule has 0 fully saturated rings. The Kier molecular flexibility index (Phi) is 5.46. The minimum absolute atomic E-state index is 0.0248. The summed E-state index contributed by atoms with van der Waals surface area (Å²) in [6.45, 7) is 3.62. The number of carbonyl (C=O) groups is 2. The van der Waals surface area contributed by atoms with Crippen molar-refractivity contribution in [2.75, 3.05) is 12.4 Å². The van der Waals surface area contributed by atoms with E-state index in [2.05, 4.69) is 0 Å². The summed E-state index contributed by atoms with van der Waals surface area (Å²) in [6, 6.07) is -0.0248. The molecule has 0 atom stereocenters. The normalized spacial score (nSPS) is 10.2. The number of amides is 2. The minimum Gasteiger partial charge on any atom is -0.368 e. The number of halogens is 1. The summed E-state index contributed by atoms with van der Waals surface area (Å²) >= 11 is 5.42. The first kappa shape index (κ1) is 12.2. The van der Waals surface area contributed by atoms with Gasteiger partial charge in [-0.2, -0.15) is 0 Å². The Morgan fingerprint density at radius 1 is 1.46 bits per heavy atom. The number of nitrogens with zero attached hydrogens (tertiary/aromatic N) is 1. The van der Waals surface area contributed by atoms with E-state index >= 15 is 0 Å². The first-order valence-electron chi connectivity index (χ1n) is 4.12. The Balaban J connectivity index is 4.24. The first-order valence-corrected chi connectivity index (χ1v) is 4.66. The number of hydrogen-bond acceptors (Lipinski definition) is 2. The highest BCUT2D eigenvalue weighted by atomic mass is 35.5. The molecule has 0 aromatic rings. The Morgan fingerprint density at radius 3 is 2.31 bits per heavy atom. The molecule has 0 aliphatic heterocycles. The van der Waals surface area contributed by atoms with Crippen LogP contribution in [-0.4, -0.2) is 35.2 Å². The van der Waals surface area contributed by atoms with Gasteiger partial charge in [-0.3, -0.25) is 9.59 Å². The van der Waals surface area contributed by atoms with Crippen LogP contribution in [0.15, 0.2) is 0 Å². The molecule has 0 aliphatic rings. The van der Waals surface area contributed by atoms with Crippen LogP contribution in [-0.2, 0) is 9.59 Å². The fraction of sp³-hybridized carbons (Fsp3) is 0.750. The number of alkyl halides is 1. The average molecular weight is 207 g/mol. The highest BCUT2D eigenvalue weighted by molar-refractivity contribution is 6.18. The lowest BCUT2D eigenvalue weighted by Crippen LogP contribution is -2.42. The maximum Gasteiger partial charge on any atom is 0.237 e. The molecule has 13 heavy (non-hydrogen) atoms. The van der Waals surface area contributed by atoms with Crippen molar-refractivity contribution in [3.05, 3.63) is 0 Å². The van der Waals surface area contributed by atoms with E-state index < -0.39 is 5.91 Å². The van der Waals surface area contributed by atoms with E-state index in [1.165, 1.54) is 4.90 Å². The first-order chi connectivity index (χ1) is 5.99. The fourth-order valence-corrected chi connectivity index (χ4v) is 1.11. The van der Waals surface area contributed by atoms with Gasteiger partial charge in [0.2, 0.25) is 11.8 Å². The van der Waals surface area contributed by atoms with Crippen LogP contribution in [0.1, 0.15) is 20.3 Å². The molecule has 0 aliphatic carbocycles. The minimum atomic E-state index is -0.503. The summed E-state index contributed by atoms with van der Waals surface area (Å²) in [7, 11) is 0. The second-order valence-corrected chi connectivity index (χ2v) is 3.40. The van der Waals surface area contributed by atoms with Gasteiger partial charge in [0.25, 0.3) is 0 Å². The summed E-state index contributed by atoms with van der Waals surface area (Å²) in [5.41, 5.74) is 5.00. The molecule has 0 aromatic heterocycles. The fourth-order valence-electron chi connectivity index (χ4n) is 0.951. The Hall–Kier alpha value is -0.770. The third kappa shape index (κ3) is 4.72. The summed E-state index contributed by atoms with van der Waals surface area (Å²) in [5, 5.41) is 0. The molecular formula is C8H15ClN2O2. The van der Waals surface area contributed by atoms with Crippen molar-refractivity contribution >= 4 is 23.4 Å². The van der Waals surface area contributed by atoms with Crippen LogP contribution in [0, 0.1) is 0 Å². The molecule has 0 spiro atoms. The lowest BCUT2D eigenvalue weighted by atomic mass is 10.3. The smallest absolute Gasteiger partial charge is 0.237 e. The third-order valence-electron chi connectivity index (χ3n) is 1.58. The van der Waals surface area contributed by atoms with Gasteiger partial charge in [-0.05, 0) is 13.8 Å². The molecule has 0 saturated carbocycles. The highest BCUT2D eigenvalue weighted by Gasteiger charge is 2.17. The quantitative estimate of drug-likeness (QED) is 0.660. The van der Waals surface area contributed by atoms with Crippen LogP contribution >= 0.6 is 11.6 Å². The largest absolute Gasteiger partial charge is 0.368 e. The zero-order valence-electron chi connectivity index (χ0n) is 7.92. The van der Waals surface area contributed by atoms with Crippen molar-refractivity contribution in [1.82, 2.24) is 4.90 Å². The molecule has 0 unspecified atom stereocenters. The predicted molar refractivity (Wildman–Crippen MR) is 51.4 cm³/mol. The number of hydrogen-bond donors (Lipinski definition) is 1. The second-order valence-electron chi connectivity index (χ2n) is 3.02.